The Kier molecular flexibility index (Phi) is 6.02. The summed E-state index contributed by atoms with van der Waals surface area (Å²) in [6.45, 7) is 1.09. The van der Waals surface area contributed by atoms with Crippen molar-refractivity contribution in [2.45, 2.75) is 25.0 Å². The van der Waals surface area contributed by atoms with Gasteiger partial charge in [-0.2, -0.15) is 0 Å². The first-order chi connectivity index (χ1) is 14.6. The SMILES string of the molecule is O=C(O)c1ccc(-c2ccc3c(c2)CC[C@H](CNC[C@H](O)c2cccnc2)O3)nc1. The largest absolute Gasteiger partial charge is 0.489 e. The minimum absolute atomic E-state index is 0.0393. The molecule has 1 aliphatic heterocycles. The highest BCUT2D eigenvalue weighted by molar-refractivity contribution is 5.87. The number of nitrogens with zero attached hydrogens (tertiary/aromatic N) is 2. The third kappa shape index (κ3) is 4.64. The van der Waals surface area contributed by atoms with Crippen molar-refractivity contribution in [3.63, 3.8) is 0 Å². The number of hydrogen-bond acceptors (Lipinski definition) is 6. The van der Waals surface area contributed by atoms with Gasteiger partial charge in [0.2, 0.25) is 0 Å². The Labute approximate surface area is 174 Å². The summed E-state index contributed by atoms with van der Waals surface area (Å²) in [7, 11) is 0. The van der Waals surface area contributed by atoms with E-state index in [1.807, 2.05) is 30.3 Å². The number of hydrogen-bond donors (Lipinski definition) is 3. The summed E-state index contributed by atoms with van der Waals surface area (Å²) < 4.78 is 6.11. The zero-order valence-electron chi connectivity index (χ0n) is 16.4. The molecule has 0 aliphatic carbocycles. The Bertz CT molecular complexity index is 1010. The molecule has 7 heteroatoms. The van der Waals surface area contributed by atoms with E-state index in [-0.39, 0.29) is 11.7 Å². The van der Waals surface area contributed by atoms with Gasteiger partial charge in [0.05, 0.1) is 17.4 Å². The van der Waals surface area contributed by atoms with Crippen LogP contribution in [0.2, 0.25) is 0 Å². The molecule has 0 unspecified atom stereocenters. The van der Waals surface area contributed by atoms with E-state index in [0.29, 0.717) is 13.1 Å². The molecular formula is C23H23N3O4. The van der Waals surface area contributed by atoms with Gasteiger partial charge < -0.3 is 20.3 Å². The number of fused-ring (bicyclic) bond motifs is 1. The first-order valence-electron chi connectivity index (χ1n) is 9.88. The molecule has 3 heterocycles. The molecule has 0 saturated carbocycles. The fourth-order valence-electron chi connectivity index (χ4n) is 3.51. The molecule has 7 nitrogen and oxygen atoms in total. The van der Waals surface area contributed by atoms with E-state index in [2.05, 4.69) is 15.3 Å². The normalized spacial score (nSPS) is 16.4. The van der Waals surface area contributed by atoms with Gasteiger partial charge in [0.15, 0.2) is 0 Å². The molecule has 0 spiro atoms. The van der Waals surface area contributed by atoms with Crippen molar-refractivity contribution in [3.05, 3.63) is 77.7 Å². The molecule has 3 aromatic rings. The fraction of sp³-hybridized carbons (Fsp3) is 0.261. The molecule has 0 saturated heterocycles. The number of aliphatic hydroxyl groups excluding tert-OH is 1. The smallest absolute Gasteiger partial charge is 0.337 e. The second kappa shape index (κ2) is 9.02. The summed E-state index contributed by atoms with van der Waals surface area (Å²) in [6, 6.07) is 12.9. The average molecular weight is 405 g/mol. The van der Waals surface area contributed by atoms with E-state index < -0.39 is 12.1 Å². The molecule has 30 heavy (non-hydrogen) atoms. The molecule has 0 radical (unpaired) electrons. The molecule has 1 aliphatic rings. The lowest BCUT2D eigenvalue weighted by atomic mass is 9.98. The Morgan fingerprint density at radius 2 is 2.13 bits per heavy atom. The lowest BCUT2D eigenvalue weighted by Gasteiger charge is -2.27. The molecule has 0 fully saturated rings. The maximum absolute atomic E-state index is 11.0. The zero-order valence-corrected chi connectivity index (χ0v) is 16.4. The number of carbonyl (C=O) groups is 1. The van der Waals surface area contributed by atoms with Crippen molar-refractivity contribution in [1.29, 1.82) is 0 Å². The highest BCUT2D eigenvalue weighted by Crippen LogP contribution is 2.31. The van der Waals surface area contributed by atoms with Crippen molar-refractivity contribution in [1.82, 2.24) is 15.3 Å². The Balaban J connectivity index is 1.34. The molecule has 2 atom stereocenters. The maximum atomic E-state index is 11.0. The quantitative estimate of drug-likeness (QED) is 0.555. The highest BCUT2D eigenvalue weighted by atomic mass is 16.5. The zero-order chi connectivity index (χ0) is 20.9. The summed E-state index contributed by atoms with van der Waals surface area (Å²) in [5.74, 6) is -0.132. The van der Waals surface area contributed by atoms with Crippen LogP contribution in [-0.4, -0.2) is 45.3 Å². The van der Waals surface area contributed by atoms with Crippen molar-refractivity contribution in [2.75, 3.05) is 13.1 Å². The minimum atomic E-state index is -0.986. The van der Waals surface area contributed by atoms with Crippen LogP contribution < -0.4 is 10.1 Å². The number of pyridine rings is 2. The lowest BCUT2D eigenvalue weighted by Crippen LogP contribution is -2.36. The van der Waals surface area contributed by atoms with Crippen LogP contribution in [0.15, 0.2) is 61.1 Å². The predicted octanol–water partition coefficient (Wildman–Crippen LogP) is 2.86. The van der Waals surface area contributed by atoms with E-state index in [9.17, 15) is 9.90 Å². The van der Waals surface area contributed by atoms with Gasteiger partial charge in [-0.05, 0) is 54.8 Å². The minimum Gasteiger partial charge on any atom is -0.489 e. The number of aromatic carboxylic acids is 1. The van der Waals surface area contributed by atoms with Crippen molar-refractivity contribution in [3.8, 4) is 17.0 Å². The third-order valence-corrected chi connectivity index (χ3v) is 5.17. The van der Waals surface area contributed by atoms with E-state index in [0.717, 1.165) is 41.0 Å². The van der Waals surface area contributed by atoms with Gasteiger partial charge in [-0.25, -0.2) is 4.79 Å². The van der Waals surface area contributed by atoms with Crippen molar-refractivity contribution >= 4 is 5.97 Å². The van der Waals surface area contributed by atoms with E-state index in [1.54, 1.807) is 24.5 Å². The second-order valence-corrected chi connectivity index (χ2v) is 7.30. The number of carboxylic acid groups (broad SMARTS) is 1. The predicted molar refractivity (Wildman–Crippen MR) is 111 cm³/mol. The number of ether oxygens (including phenoxy) is 1. The van der Waals surface area contributed by atoms with Crippen LogP contribution in [0.25, 0.3) is 11.3 Å². The molecule has 4 rings (SSSR count). The average Bonchev–Trinajstić information content (AvgIpc) is 2.79. The molecule has 0 amide bonds. The summed E-state index contributed by atoms with van der Waals surface area (Å²) in [4.78, 5) is 19.3. The van der Waals surface area contributed by atoms with Gasteiger partial charge in [0, 0.05) is 42.8 Å². The number of carboxylic acids is 1. The molecule has 2 aromatic heterocycles. The van der Waals surface area contributed by atoms with Crippen LogP contribution in [0.5, 0.6) is 5.75 Å². The van der Waals surface area contributed by atoms with E-state index in [4.69, 9.17) is 9.84 Å². The number of rotatable bonds is 7. The number of benzene rings is 1. The van der Waals surface area contributed by atoms with Gasteiger partial charge in [0.25, 0.3) is 0 Å². The van der Waals surface area contributed by atoms with Crippen LogP contribution >= 0.6 is 0 Å². The van der Waals surface area contributed by atoms with Crippen molar-refractivity contribution < 1.29 is 19.7 Å². The maximum Gasteiger partial charge on any atom is 0.337 e. The number of aryl methyl sites for hydroxylation is 1. The lowest BCUT2D eigenvalue weighted by molar-refractivity contribution is 0.0696. The molecule has 0 bridgehead atoms. The monoisotopic (exact) mass is 405 g/mol. The molecular weight excluding hydrogens is 382 g/mol. The van der Waals surface area contributed by atoms with Crippen molar-refractivity contribution in [2.24, 2.45) is 0 Å². The van der Waals surface area contributed by atoms with Crippen LogP contribution in [0.4, 0.5) is 0 Å². The first kappa shape index (κ1) is 20.0. The molecule has 1 aromatic carbocycles. The van der Waals surface area contributed by atoms with Gasteiger partial charge in [-0.3, -0.25) is 9.97 Å². The highest BCUT2D eigenvalue weighted by Gasteiger charge is 2.20. The summed E-state index contributed by atoms with van der Waals surface area (Å²) >= 11 is 0. The number of aliphatic hydroxyl groups is 1. The van der Waals surface area contributed by atoms with Crippen LogP contribution in [0.3, 0.4) is 0 Å². The number of nitrogens with one attached hydrogen (secondary N) is 1. The van der Waals surface area contributed by atoms with Crippen LogP contribution in [-0.2, 0) is 6.42 Å². The fourth-order valence-corrected chi connectivity index (χ4v) is 3.51. The topological polar surface area (TPSA) is 105 Å². The van der Waals surface area contributed by atoms with Gasteiger partial charge in [-0.15, -0.1) is 0 Å². The Morgan fingerprint density at radius 3 is 2.87 bits per heavy atom. The first-order valence-corrected chi connectivity index (χ1v) is 9.88. The van der Waals surface area contributed by atoms with Gasteiger partial charge in [0.1, 0.15) is 11.9 Å². The van der Waals surface area contributed by atoms with Crippen LogP contribution in [0, 0.1) is 0 Å². The summed E-state index contributed by atoms with van der Waals surface area (Å²) in [5.41, 5.74) is 3.74. The van der Waals surface area contributed by atoms with Crippen LogP contribution in [0.1, 0.15) is 34.0 Å². The number of aromatic nitrogens is 2. The third-order valence-electron chi connectivity index (χ3n) is 5.17. The second-order valence-electron chi connectivity index (χ2n) is 7.30. The molecule has 154 valence electrons. The van der Waals surface area contributed by atoms with Gasteiger partial charge in [-0.1, -0.05) is 6.07 Å². The van der Waals surface area contributed by atoms with Gasteiger partial charge >= 0.3 is 5.97 Å². The Morgan fingerprint density at radius 1 is 1.23 bits per heavy atom. The molecule has 3 N–H and O–H groups in total. The van der Waals surface area contributed by atoms with E-state index >= 15 is 0 Å². The summed E-state index contributed by atoms with van der Waals surface area (Å²) in [5, 5.41) is 22.5. The Hall–Kier alpha value is -3.29. The standard InChI is InChI=1S/C23H23N3O4/c27-21(17-2-1-9-24-11-17)14-25-13-19-6-3-16-10-15(5-8-22(16)30-19)20-7-4-18(12-26-20)23(28)29/h1-2,4-5,7-12,19,21,25,27H,3,6,13-14H2,(H,28,29)/t19-,21+/m1/s1. The van der Waals surface area contributed by atoms with E-state index in [1.165, 1.54) is 6.20 Å². The summed E-state index contributed by atoms with van der Waals surface area (Å²) in [6.07, 6.45) is 5.92.